The fourth-order valence-corrected chi connectivity index (χ4v) is 2.81. The van der Waals surface area contributed by atoms with Gasteiger partial charge in [0.2, 0.25) is 6.41 Å². The standard InChI is InChI=1S/C21H30N2O5/c1-16(22-15-26)9-10-17(2)23(3)21(27)19-8-4-6-18(20(19)14-25)7-5-12-28-13-11-24/h4,6,8,14-15,17,24H,1,5,7,9-13H2,2-3H3,(H,22,26). The molecule has 154 valence electrons. The normalized spacial score (nSPS) is 11.5. The Bertz CT molecular complexity index is 675. The van der Waals surface area contributed by atoms with Crippen molar-refractivity contribution in [2.45, 2.75) is 38.6 Å². The number of nitrogens with one attached hydrogen (secondary N) is 1. The van der Waals surface area contributed by atoms with E-state index >= 15 is 0 Å². The zero-order valence-corrected chi connectivity index (χ0v) is 16.6. The number of carbonyl (C=O) groups is 3. The summed E-state index contributed by atoms with van der Waals surface area (Å²) >= 11 is 0. The molecule has 0 fully saturated rings. The van der Waals surface area contributed by atoms with Crippen LogP contribution < -0.4 is 5.32 Å². The molecule has 7 heteroatoms. The first-order valence-corrected chi connectivity index (χ1v) is 9.37. The zero-order valence-electron chi connectivity index (χ0n) is 16.6. The number of allylic oxidation sites excluding steroid dienone is 1. The third kappa shape index (κ3) is 7.25. The van der Waals surface area contributed by atoms with Gasteiger partial charge >= 0.3 is 0 Å². The summed E-state index contributed by atoms with van der Waals surface area (Å²) in [4.78, 5) is 36.6. The van der Waals surface area contributed by atoms with Crippen molar-refractivity contribution >= 4 is 18.6 Å². The van der Waals surface area contributed by atoms with Gasteiger partial charge in [-0.25, -0.2) is 0 Å². The molecular formula is C21H30N2O5. The minimum Gasteiger partial charge on any atom is -0.394 e. The summed E-state index contributed by atoms with van der Waals surface area (Å²) in [6.45, 7) is 6.41. The minimum atomic E-state index is -0.220. The van der Waals surface area contributed by atoms with Gasteiger partial charge in [0, 0.05) is 31.0 Å². The lowest BCUT2D eigenvalue weighted by Crippen LogP contribution is -2.36. The highest BCUT2D eigenvalue weighted by Gasteiger charge is 2.21. The van der Waals surface area contributed by atoms with Gasteiger partial charge in [0.25, 0.3) is 5.91 Å². The van der Waals surface area contributed by atoms with Crippen LogP contribution in [0.2, 0.25) is 0 Å². The van der Waals surface area contributed by atoms with E-state index in [1.165, 1.54) is 0 Å². The first-order valence-electron chi connectivity index (χ1n) is 9.37. The smallest absolute Gasteiger partial charge is 0.254 e. The number of aryl methyl sites for hydroxylation is 1. The summed E-state index contributed by atoms with van der Waals surface area (Å²) in [5.74, 6) is -0.220. The van der Waals surface area contributed by atoms with E-state index in [1.54, 1.807) is 24.1 Å². The molecule has 0 bridgehead atoms. The van der Waals surface area contributed by atoms with E-state index in [1.807, 2.05) is 13.0 Å². The molecule has 1 aromatic rings. The van der Waals surface area contributed by atoms with Gasteiger partial charge < -0.3 is 20.1 Å². The third-order valence-electron chi connectivity index (χ3n) is 4.62. The summed E-state index contributed by atoms with van der Waals surface area (Å²) < 4.78 is 5.24. The Hall–Kier alpha value is -2.51. The molecule has 0 aliphatic rings. The van der Waals surface area contributed by atoms with Gasteiger partial charge in [-0.15, -0.1) is 0 Å². The quantitative estimate of drug-likeness (QED) is 0.374. The van der Waals surface area contributed by atoms with Crippen LogP contribution in [0, 0.1) is 0 Å². The van der Waals surface area contributed by atoms with Crippen molar-refractivity contribution in [2.24, 2.45) is 0 Å². The zero-order chi connectivity index (χ0) is 20.9. The second-order valence-electron chi connectivity index (χ2n) is 6.61. The molecule has 28 heavy (non-hydrogen) atoms. The highest BCUT2D eigenvalue weighted by Crippen LogP contribution is 2.19. The summed E-state index contributed by atoms with van der Waals surface area (Å²) in [5.41, 5.74) is 2.18. The topological polar surface area (TPSA) is 95.9 Å². The number of hydrogen-bond acceptors (Lipinski definition) is 5. The van der Waals surface area contributed by atoms with Crippen LogP contribution in [-0.2, 0) is 16.0 Å². The van der Waals surface area contributed by atoms with Crippen LogP contribution in [0.25, 0.3) is 0 Å². The van der Waals surface area contributed by atoms with Crippen molar-refractivity contribution in [2.75, 3.05) is 26.9 Å². The van der Waals surface area contributed by atoms with E-state index in [9.17, 15) is 14.4 Å². The lowest BCUT2D eigenvalue weighted by molar-refractivity contribution is -0.109. The van der Waals surface area contributed by atoms with E-state index in [4.69, 9.17) is 9.84 Å². The summed E-state index contributed by atoms with van der Waals surface area (Å²) in [6.07, 6.45) is 3.81. The Morgan fingerprint density at radius 3 is 2.75 bits per heavy atom. The number of aldehydes is 1. The highest BCUT2D eigenvalue weighted by atomic mass is 16.5. The molecule has 1 unspecified atom stereocenters. The monoisotopic (exact) mass is 390 g/mol. The van der Waals surface area contributed by atoms with Crippen LogP contribution in [0.4, 0.5) is 0 Å². The minimum absolute atomic E-state index is 0.0212. The van der Waals surface area contributed by atoms with E-state index < -0.39 is 0 Å². The number of aliphatic hydroxyl groups is 1. The second kappa shape index (κ2) is 12.8. The van der Waals surface area contributed by atoms with Gasteiger partial charge in [0.05, 0.1) is 18.8 Å². The molecule has 0 aromatic heterocycles. The fourth-order valence-electron chi connectivity index (χ4n) is 2.81. The highest BCUT2D eigenvalue weighted by molar-refractivity contribution is 6.02. The number of rotatable bonds is 14. The molecular weight excluding hydrogens is 360 g/mol. The SMILES string of the molecule is C=C(CCC(C)N(C)C(=O)c1cccc(CCCOCCO)c1C=O)NC=O. The second-order valence-corrected chi connectivity index (χ2v) is 6.61. The molecule has 0 aliphatic heterocycles. The third-order valence-corrected chi connectivity index (χ3v) is 4.62. The molecule has 2 amide bonds. The van der Waals surface area contributed by atoms with Gasteiger partial charge in [0.15, 0.2) is 6.29 Å². The number of amides is 2. The summed E-state index contributed by atoms with van der Waals surface area (Å²) in [7, 11) is 1.70. The first kappa shape index (κ1) is 23.5. The number of aliphatic hydroxyl groups excluding tert-OH is 1. The lowest BCUT2D eigenvalue weighted by atomic mass is 9.97. The van der Waals surface area contributed by atoms with Crippen molar-refractivity contribution in [3.63, 3.8) is 0 Å². The van der Waals surface area contributed by atoms with Gasteiger partial charge in [0.1, 0.15) is 0 Å². The molecule has 0 spiro atoms. The largest absolute Gasteiger partial charge is 0.394 e. The van der Waals surface area contributed by atoms with E-state index in [0.29, 0.717) is 55.5 Å². The van der Waals surface area contributed by atoms with Crippen molar-refractivity contribution < 1.29 is 24.2 Å². The predicted octanol–water partition coefficient (Wildman–Crippen LogP) is 1.94. The molecule has 1 aromatic carbocycles. The number of hydrogen-bond donors (Lipinski definition) is 2. The number of ether oxygens (including phenoxy) is 1. The van der Waals surface area contributed by atoms with Crippen LogP contribution in [0.1, 0.15) is 52.5 Å². The van der Waals surface area contributed by atoms with Gasteiger partial charge in [-0.1, -0.05) is 18.7 Å². The average molecular weight is 390 g/mol. The lowest BCUT2D eigenvalue weighted by Gasteiger charge is -2.26. The summed E-state index contributed by atoms with van der Waals surface area (Å²) in [6, 6.07) is 5.19. The van der Waals surface area contributed by atoms with E-state index in [2.05, 4.69) is 11.9 Å². The van der Waals surface area contributed by atoms with Crippen LogP contribution in [0.3, 0.4) is 0 Å². The molecule has 0 heterocycles. The van der Waals surface area contributed by atoms with Gasteiger partial charge in [-0.2, -0.15) is 0 Å². The van der Waals surface area contributed by atoms with Crippen LogP contribution in [0.15, 0.2) is 30.5 Å². The van der Waals surface area contributed by atoms with Crippen LogP contribution in [0.5, 0.6) is 0 Å². The van der Waals surface area contributed by atoms with Crippen LogP contribution >= 0.6 is 0 Å². The summed E-state index contributed by atoms with van der Waals surface area (Å²) in [5, 5.41) is 11.2. The maximum absolute atomic E-state index is 12.9. The van der Waals surface area contributed by atoms with Gasteiger partial charge in [-0.05, 0) is 44.2 Å². The Labute approximate surface area is 166 Å². The molecule has 1 rings (SSSR count). The fraction of sp³-hybridized carbons (Fsp3) is 0.476. The molecule has 1 atom stereocenters. The molecule has 0 saturated carbocycles. The molecule has 0 saturated heterocycles. The number of nitrogens with zero attached hydrogens (tertiary/aromatic N) is 1. The average Bonchev–Trinajstić information content (AvgIpc) is 2.70. The molecule has 0 radical (unpaired) electrons. The molecule has 0 aliphatic carbocycles. The number of benzene rings is 1. The van der Waals surface area contributed by atoms with E-state index in [0.717, 1.165) is 11.8 Å². The van der Waals surface area contributed by atoms with Crippen molar-refractivity contribution in [1.82, 2.24) is 10.2 Å². The Balaban J connectivity index is 2.80. The van der Waals surface area contributed by atoms with Crippen molar-refractivity contribution in [1.29, 1.82) is 0 Å². The van der Waals surface area contributed by atoms with Crippen molar-refractivity contribution in [3.8, 4) is 0 Å². The molecule has 2 N–H and O–H groups in total. The van der Waals surface area contributed by atoms with Crippen molar-refractivity contribution in [3.05, 3.63) is 47.2 Å². The Morgan fingerprint density at radius 2 is 2.11 bits per heavy atom. The maximum Gasteiger partial charge on any atom is 0.254 e. The Kier molecular flexibility index (Phi) is 10.8. The Morgan fingerprint density at radius 1 is 1.36 bits per heavy atom. The van der Waals surface area contributed by atoms with Crippen LogP contribution in [-0.4, -0.2) is 61.5 Å². The van der Waals surface area contributed by atoms with Gasteiger partial charge in [-0.3, -0.25) is 14.4 Å². The first-order chi connectivity index (χ1) is 13.5. The number of carbonyl (C=O) groups excluding carboxylic acids is 3. The molecule has 7 nitrogen and oxygen atoms in total. The van der Waals surface area contributed by atoms with E-state index in [-0.39, 0.29) is 25.2 Å². The maximum atomic E-state index is 12.9. The predicted molar refractivity (Wildman–Crippen MR) is 107 cm³/mol.